The van der Waals surface area contributed by atoms with Crippen LogP contribution in [0.2, 0.25) is 0 Å². The minimum absolute atomic E-state index is 0.0638. The SMILES string of the molecule is COCCOC(=O)/C(C#N)=C/Nc1cccc(F)c1. The quantitative estimate of drug-likeness (QED) is 0.367. The third-order valence-corrected chi connectivity index (χ3v) is 2.07. The summed E-state index contributed by atoms with van der Waals surface area (Å²) in [5, 5.41) is 11.5. The highest BCUT2D eigenvalue weighted by Gasteiger charge is 2.10. The second-order valence-electron chi connectivity index (χ2n) is 3.45. The number of esters is 1. The monoisotopic (exact) mass is 264 g/mol. The van der Waals surface area contributed by atoms with Crippen molar-refractivity contribution in [3.63, 3.8) is 0 Å². The molecule has 0 heterocycles. The van der Waals surface area contributed by atoms with Crippen molar-refractivity contribution < 1.29 is 18.7 Å². The second kappa shape index (κ2) is 7.84. The molecule has 0 spiro atoms. The van der Waals surface area contributed by atoms with Crippen molar-refractivity contribution in [2.24, 2.45) is 0 Å². The van der Waals surface area contributed by atoms with E-state index < -0.39 is 11.8 Å². The summed E-state index contributed by atoms with van der Waals surface area (Å²) in [6.45, 7) is 0.316. The van der Waals surface area contributed by atoms with Crippen LogP contribution in [0.3, 0.4) is 0 Å². The summed E-state index contributed by atoms with van der Waals surface area (Å²) in [5.74, 6) is -1.18. The number of rotatable bonds is 6. The summed E-state index contributed by atoms with van der Waals surface area (Å²) < 4.78 is 22.4. The summed E-state index contributed by atoms with van der Waals surface area (Å²) in [6.07, 6.45) is 1.17. The standard InChI is InChI=1S/C13H13FN2O3/c1-18-5-6-19-13(17)10(8-15)9-16-12-4-2-3-11(14)7-12/h2-4,7,9,16H,5-6H2,1H3/b10-9+. The Morgan fingerprint density at radius 2 is 2.32 bits per heavy atom. The molecule has 0 unspecified atom stereocenters. The lowest BCUT2D eigenvalue weighted by Gasteiger charge is -2.04. The molecule has 0 aliphatic heterocycles. The second-order valence-corrected chi connectivity index (χ2v) is 3.45. The zero-order chi connectivity index (χ0) is 14.1. The minimum Gasteiger partial charge on any atom is -0.459 e. The predicted octanol–water partition coefficient (Wildman–Crippen LogP) is 1.83. The molecule has 0 aromatic heterocycles. The van der Waals surface area contributed by atoms with Gasteiger partial charge in [0.15, 0.2) is 5.57 Å². The summed E-state index contributed by atoms with van der Waals surface area (Å²) in [4.78, 5) is 11.5. The zero-order valence-electron chi connectivity index (χ0n) is 10.4. The van der Waals surface area contributed by atoms with Crippen molar-refractivity contribution in [2.75, 3.05) is 25.6 Å². The lowest BCUT2D eigenvalue weighted by atomic mass is 10.3. The van der Waals surface area contributed by atoms with Gasteiger partial charge in [0.2, 0.25) is 0 Å². The largest absolute Gasteiger partial charge is 0.459 e. The first-order valence-electron chi connectivity index (χ1n) is 5.46. The Morgan fingerprint density at radius 1 is 1.53 bits per heavy atom. The van der Waals surface area contributed by atoms with Gasteiger partial charge in [0, 0.05) is 19.0 Å². The third-order valence-electron chi connectivity index (χ3n) is 2.07. The lowest BCUT2D eigenvalue weighted by molar-refractivity contribution is -0.139. The fourth-order valence-electron chi connectivity index (χ4n) is 1.17. The Bertz CT molecular complexity index is 509. The van der Waals surface area contributed by atoms with Gasteiger partial charge in [0.1, 0.15) is 18.5 Å². The highest BCUT2D eigenvalue weighted by Crippen LogP contribution is 2.09. The number of carbonyl (C=O) groups excluding carboxylic acids is 1. The summed E-state index contributed by atoms with van der Waals surface area (Å²) >= 11 is 0. The van der Waals surface area contributed by atoms with Crippen molar-refractivity contribution in [3.05, 3.63) is 41.9 Å². The van der Waals surface area contributed by atoms with Crippen molar-refractivity contribution >= 4 is 11.7 Å². The molecule has 5 nitrogen and oxygen atoms in total. The first kappa shape index (κ1) is 14.7. The molecular weight excluding hydrogens is 251 g/mol. The number of hydrogen-bond donors (Lipinski definition) is 1. The molecule has 1 rings (SSSR count). The van der Waals surface area contributed by atoms with Crippen LogP contribution in [0.1, 0.15) is 0 Å². The van der Waals surface area contributed by atoms with Gasteiger partial charge in [-0.2, -0.15) is 5.26 Å². The van der Waals surface area contributed by atoms with Crippen molar-refractivity contribution in [1.29, 1.82) is 5.26 Å². The fourth-order valence-corrected chi connectivity index (χ4v) is 1.17. The number of hydrogen-bond acceptors (Lipinski definition) is 5. The molecule has 100 valence electrons. The number of halogens is 1. The number of carbonyl (C=O) groups is 1. The molecule has 0 atom stereocenters. The van der Waals surface area contributed by atoms with Crippen molar-refractivity contribution in [1.82, 2.24) is 0 Å². The summed E-state index contributed by atoms with van der Waals surface area (Å²) in [6, 6.07) is 7.34. The van der Waals surface area contributed by atoms with E-state index in [4.69, 9.17) is 14.7 Å². The maximum absolute atomic E-state index is 12.9. The molecule has 0 bridgehead atoms. The predicted molar refractivity (Wildman–Crippen MR) is 66.6 cm³/mol. The van der Waals surface area contributed by atoms with E-state index in [9.17, 15) is 9.18 Å². The summed E-state index contributed by atoms with van der Waals surface area (Å²) in [5.41, 5.74) is 0.220. The van der Waals surface area contributed by atoms with E-state index in [1.165, 1.54) is 31.5 Å². The zero-order valence-corrected chi connectivity index (χ0v) is 10.4. The van der Waals surface area contributed by atoms with Crippen molar-refractivity contribution in [3.8, 4) is 6.07 Å². The van der Waals surface area contributed by atoms with Gasteiger partial charge in [0.05, 0.1) is 6.61 Å². The molecule has 1 N–H and O–H groups in total. The number of nitriles is 1. The van der Waals surface area contributed by atoms with E-state index >= 15 is 0 Å². The molecule has 0 amide bonds. The molecule has 0 saturated carbocycles. The van der Waals surface area contributed by atoms with Gasteiger partial charge in [-0.25, -0.2) is 9.18 Å². The Hall–Kier alpha value is -2.39. The molecule has 0 fully saturated rings. The first-order valence-corrected chi connectivity index (χ1v) is 5.46. The van der Waals surface area contributed by atoms with Gasteiger partial charge in [-0.15, -0.1) is 0 Å². The van der Waals surface area contributed by atoms with Crippen LogP contribution in [-0.4, -0.2) is 26.3 Å². The molecule has 6 heteroatoms. The Kier molecular flexibility index (Phi) is 6.06. The Morgan fingerprint density at radius 3 is 2.95 bits per heavy atom. The Labute approximate surface area is 110 Å². The third kappa shape index (κ3) is 5.19. The normalized spacial score (nSPS) is 10.7. The highest BCUT2D eigenvalue weighted by atomic mass is 19.1. The number of nitrogens with zero attached hydrogens (tertiary/aromatic N) is 1. The molecule has 0 aliphatic carbocycles. The van der Waals surface area contributed by atoms with Crippen LogP contribution in [0, 0.1) is 17.1 Å². The number of ether oxygens (including phenoxy) is 2. The highest BCUT2D eigenvalue weighted by molar-refractivity contribution is 5.93. The van der Waals surface area contributed by atoms with Crippen LogP contribution in [0.25, 0.3) is 0 Å². The smallest absolute Gasteiger partial charge is 0.350 e. The van der Waals surface area contributed by atoms with E-state index in [0.29, 0.717) is 5.69 Å². The maximum atomic E-state index is 12.9. The minimum atomic E-state index is -0.761. The van der Waals surface area contributed by atoms with E-state index in [1.54, 1.807) is 12.1 Å². The number of anilines is 1. The molecule has 0 saturated heterocycles. The van der Waals surface area contributed by atoms with Gasteiger partial charge in [-0.3, -0.25) is 0 Å². The van der Waals surface area contributed by atoms with Crippen LogP contribution in [0.5, 0.6) is 0 Å². The van der Waals surface area contributed by atoms with E-state index in [2.05, 4.69) is 5.32 Å². The van der Waals surface area contributed by atoms with Gasteiger partial charge < -0.3 is 14.8 Å². The Balaban J connectivity index is 2.62. The topological polar surface area (TPSA) is 71.3 Å². The number of methoxy groups -OCH3 is 1. The average Bonchev–Trinajstić information content (AvgIpc) is 2.40. The molecule has 0 aliphatic rings. The van der Waals surface area contributed by atoms with E-state index in [-0.39, 0.29) is 18.8 Å². The van der Waals surface area contributed by atoms with Crippen LogP contribution < -0.4 is 5.32 Å². The fraction of sp³-hybridized carbons (Fsp3) is 0.231. The number of benzene rings is 1. The van der Waals surface area contributed by atoms with Crippen LogP contribution in [-0.2, 0) is 14.3 Å². The van der Waals surface area contributed by atoms with E-state index in [0.717, 1.165) is 0 Å². The first-order chi connectivity index (χ1) is 9.17. The van der Waals surface area contributed by atoms with Crippen LogP contribution in [0.4, 0.5) is 10.1 Å². The van der Waals surface area contributed by atoms with E-state index in [1.807, 2.05) is 0 Å². The summed E-state index contributed by atoms with van der Waals surface area (Å²) in [7, 11) is 1.47. The number of nitrogens with one attached hydrogen (secondary N) is 1. The maximum Gasteiger partial charge on any atom is 0.350 e. The van der Waals surface area contributed by atoms with Gasteiger partial charge in [0.25, 0.3) is 0 Å². The van der Waals surface area contributed by atoms with Crippen LogP contribution >= 0.6 is 0 Å². The lowest BCUT2D eigenvalue weighted by Crippen LogP contribution is -2.12. The van der Waals surface area contributed by atoms with Gasteiger partial charge >= 0.3 is 5.97 Å². The van der Waals surface area contributed by atoms with Gasteiger partial charge in [-0.05, 0) is 18.2 Å². The average molecular weight is 264 g/mol. The van der Waals surface area contributed by atoms with Crippen LogP contribution in [0.15, 0.2) is 36.0 Å². The van der Waals surface area contributed by atoms with Crippen molar-refractivity contribution in [2.45, 2.75) is 0 Å². The van der Waals surface area contributed by atoms with Gasteiger partial charge in [-0.1, -0.05) is 6.07 Å². The molecule has 1 aromatic rings. The molecular formula is C13H13FN2O3. The molecule has 19 heavy (non-hydrogen) atoms. The molecule has 1 aromatic carbocycles. The molecule has 0 radical (unpaired) electrons.